The van der Waals surface area contributed by atoms with Gasteiger partial charge < -0.3 is 15.4 Å². The highest BCUT2D eigenvalue weighted by molar-refractivity contribution is 6.35. The largest absolute Gasteiger partial charge is 0.471 e. The van der Waals surface area contributed by atoms with Gasteiger partial charge in [0.05, 0.1) is 11.3 Å². The lowest BCUT2D eigenvalue weighted by molar-refractivity contribution is 0.0883. The molecule has 0 unspecified atom stereocenters. The molecular weight excluding hydrogens is 204 g/mol. The van der Waals surface area contributed by atoms with Gasteiger partial charge in [-0.2, -0.15) is 0 Å². The van der Waals surface area contributed by atoms with Crippen molar-refractivity contribution >= 4 is 23.2 Å². The minimum absolute atomic E-state index is 0.157. The third kappa shape index (κ3) is 1.28. The minimum atomic E-state index is -0.157. The van der Waals surface area contributed by atoms with E-state index in [4.69, 9.17) is 16.3 Å². The molecule has 0 aromatic heterocycles. The molecule has 0 spiro atoms. The molecule has 0 radical (unpaired) electrons. The Balaban J connectivity index is 2.57. The molecule has 1 aliphatic rings. The second-order valence-electron chi connectivity index (χ2n) is 2.85. The van der Waals surface area contributed by atoms with Gasteiger partial charge in [0.15, 0.2) is 12.5 Å². The predicted molar refractivity (Wildman–Crippen MR) is 54.0 cm³/mol. The topological polar surface area (TPSA) is 50.4 Å². The third-order valence-electron chi connectivity index (χ3n) is 2.06. The lowest BCUT2D eigenvalue weighted by Gasteiger charge is -2.19. The third-order valence-corrected chi connectivity index (χ3v) is 2.44. The molecule has 4 nitrogen and oxygen atoms in total. The molecule has 1 heterocycles. The van der Waals surface area contributed by atoms with Crippen LogP contribution in [0.25, 0.3) is 0 Å². The van der Waals surface area contributed by atoms with Crippen molar-refractivity contribution < 1.29 is 9.53 Å². The fourth-order valence-electron chi connectivity index (χ4n) is 1.34. The Morgan fingerprint density at radius 3 is 3.07 bits per heavy atom. The van der Waals surface area contributed by atoms with E-state index in [0.29, 0.717) is 16.3 Å². The molecule has 1 amide bonds. The Bertz CT molecular complexity index is 393. The number of rotatable bonds is 1. The van der Waals surface area contributed by atoms with Gasteiger partial charge in [-0.05, 0) is 12.1 Å². The maximum atomic E-state index is 11.4. The SMILES string of the molecule is CNc1ccc2c(c1Cl)OCNC2=O. The van der Waals surface area contributed by atoms with E-state index in [1.54, 1.807) is 19.2 Å². The normalized spacial score (nSPS) is 14.0. The number of benzene rings is 1. The average Bonchev–Trinajstić information content (AvgIpc) is 2.20. The van der Waals surface area contributed by atoms with E-state index in [9.17, 15) is 4.79 Å². The first-order valence-corrected chi connectivity index (χ1v) is 4.53. The van der Waals surface area contributed by atoms with E-state index >= 15 is 0 Å². The molecule has 1 aromatic carbocycles. The molecule has 0 atom stereocenters. The van der Waals surface area contributed by atoms with E-state index in [0.717, 1.165) is 5.69 Å². The molecule has 2 N–H and O–H groups in total. The van der Waals surface area contributed by atoms with Crippen molar-refractivity contribution in [2.45, 2.75) is 0 Å². The Morgan fingerprint density at radius 2 is 2.36 bits per heavy atom. The van der Waals surface area contributed by atoms with E-state index in [-0.39, 0.29) is 12.6 Å². The van der Waals surface area contributed by atoms with Gasteiger partial charge in [0.2, 0.25) is 0 Å². The monoisotopic (exact) mass is 212 g/mol. The van der Waals surface area contributed by atoms with Crippen molar-refractivity contribution in [3.63, 3.8) is 0 Å². The summed E-state index contributed by atoms with van der Waals surface area (Å²) in [5, 5.41) is 5.92. The van der Waals surface area contributed by atoms with E-state index < -0.39 is 0 Å². The van der Waals surface area contributed by atoms with Crippen LogP contribution in [0.3, 0.4) is 0 Å². The van der Waals surface area contributed by atoms with Crippen LogP contribution in [0.2, 0.25) is 5.02 Å². The molecule has 0 fully saturated rings. The highest BCUT2D eigenvalue weighted by atomic mass is 35.5. The number of amides is 1. The van der Waals surface area contributed by atoms with Crippen molar-refractivity contribution in [3.8, 4) is 5.75 Å². The number of anilines is 1. The number of ether oxygens (including phenoxy) is 1. The van der Waals surface area contributed by atoms with Crippen LogP contribution in [-0.4, -0.2) is 19.7 Å². The van der Waals surface area contributed by atoms with Gasteiger partial charge in [-0.1, -0.05) is 11.6 Å². The molecule has 74 valence electrons. The summed E-state index contributed by atoms with van der Waals surface area (Å²) in [6.45, 7) is 0.165. The average molecular weight is 213 g/mol. The summed E-state index contributed by atoms with van der Waals surface area (Å²) < 4.78 is 5.26. The Kier molecular flexibility index (Phi) is 2.21. The molecule has 1 aromatic rings. The smallest absolute Gasteiger partial charge is 0.257 e. The number of nitrogens with one attached hydrogen (secondary N) is 2. The van der Waals surface area contributed by atoms with Crippen molar-refractivity contribution in [2.24, 2.45) is 0 Å². The van der Waals surface area contributed by atoms with Crippen molar-refractivity contribution in [1.82, 2.24) is 5.32 Å². The van der Waals surface area contributed by atoms with Crippen LogP contribution in [0.15, 0.2) is 12.1 Å². The minimum Gasteiger partial charge on any atom is -0.471 e. The summed E-state index contributed by atoms with van der Waals surface area (Å²) in [4.78, 5) is 11.4. The van der Waals surface area contributed by atoms with Crippen LogP contribution in [0.1, 0.15) is 10.4 Å². The van der Waals surface area contributed by atoms with Crippen molar-refractivity contribution in [1.29, 1.82) is 0 Å². The lowest BCUT2D eigenvalue weighted by Crippen LogP contribution is -2.33. The van der Waals surface area contributed by atoms with Gasteiger partial charge in [0, 0.05) is 7.05 Å². The first-order chi connectivity index (χ1) is 6.74. The molecule has 0 saturated carbocycles. The molecular formula is C9H9ClN2O2. The Morgan fingerprint density at radius 1 is 1.57 bits per heavy atom. The number of carbonyl (C=O) groups is 1. The lowest BCUT2D eigenvalue weighted by atomic mass is 10.1. The van der Waals surface area contributed by atoms with E-state index in [2.05, 4.69) is 10.6 Å². The zero-order chi connectivity index (χ0) is 10.1. The van der Waals surface area contributed by atoms with Crippen LogP contribution in [-0.2, 0) is 0 Å². The van der Waals surface area contributed by atoms with Gasteiger partial charge in [0.25, 0.3) is 5.91 Å². The van der Waals surface area contributed by atoms with Crippen LogP contribution >= 0.6 is 11.6 Å². The van der Waals surface area contributed by atoms with Crippen LogP contribution in [0.4, 0.5) is 5.69 Å². The zero-order valence-corrected chi connectivity index (χ0v) is 8.31. The van der Waals surface area contributed by atoms with Crippen molar-refractivity contribution in [3.05, 3.63) is 22.7 Å². The van der Waals surface area contributed by atoms with Gasteiger partial charge in [-0.25, -0.2) is 0 Å². The predicted octanol–water partition coefficient (Wildman–Crippen LogP) is 1.46. The number of halogens is 1. The van der Waals surface area contributed by atoms with E-state index in [1.807, 2.05) is 0 Å². The summed E-state index contributed by atoms with van der Waals surface area (Å²) in [6, 6.07) is 3.43. The van der Waals surface area contributed by atoms with Gasteiger partial charge in [0.1, 0.15) is 5.02 Å². The maximum Gasteiger partial charge on any atom is 0.257 e. The highest BCUT2D eigenvalue weighted by Crippen LogP contribution is 2.36. The van der Waals surface area contributed by atoms with Crippen molar-refractivity contribution in [2.75, 3.05) is 19.1 Å². The van der Waals surface area contributed by atoms with Gasteiger partial charge >= 0.3 is 0 Å². The summed E-state index contributed by atoms with van der Waals surface area (Å²) in [5.74, 6) is 0.290. The highest BCUT2D eigenvalue weighted by Gasteiger charge is 2.21. The summed E-state index contributed by atoms with van der Waals surface area (Å²) >= 11 is 6.02. The van der Waals surface area contributed by atoms with Crippen LogP contribution in [0, 0.1) is 0 Å². The first-order valence-electron chi connectivity index (χ1n) is 4.15. The number of hydrogen-bond donors (Lipinski definition) is 2. The Labute approximate surface area is 86.2 Å². The second kappa shape index (κ2) is 3.38. The molecule has 0 aliphatic carbocycles. The quantitative estimate of drug-likeness (QED) is 0.741. The summed E-state index contributed by atoms with van der Waals surface area (Å²) in [5.41, 5.74) is 1.22. The fourth-order valence-corrected chi connectivity index (χ4v) is 1.65. The van der Waals surface area contributed by atoms with E-state index in [1.165, 1.54) is 0 Å². The molecule has 14 heavy (non-hydrogen) atoms. The molecule has 5 heteroatoms. The van der Waals surface area contributed by atoms with Gasteiger partial charge in [-0.3, -0.25) is 4.79 Å². The first kappa shape index (κ1) is 9.15. The van der Waals surface area contributed by atoms with Gasteiger partial charge in [-0.15, -0.1) is 0 Å². The molecule has 0 bridgehead atoms. The van der Waals surface area contributed by atoms with Crippen LogP contribution < -0.4 is 15.4 Å². The van der Waals surface area contributed by atoms with Crippen LogP contribution in [0.5, 0.6) is 5.75 Å². The molecule has 2 rings (SSSR count). The fraction of sp³-hybridized carbons (Fsp3) is 0.222. The second-order valence-corrected chi connectivity index (χ2v) is 3.23. The maximum absolute atomic E-state index is 11.4. The zero-order valence-electron chi connectivity index (χ0n) is 7.56. The number of hydrogen-bond acceptors (Lipinski definition) is 3. The Hall–Kier alpha value is -1.42. The number of carbonyl (C=O) groups excluding carboxylic acids is 1. The summed E-state index contributed by atoms with van der Waals surface area (Å²) in [6.07, 6.45) is 0. The standard InChI is InChI=1S/C9H9ClN2O2/c1-11-6-3-2-5-8(7(6)10)14-4-12-9(5)13/h2-3,11H,4H2,1H3,(H,12,13). The number of fused-ring (bicyclic) bond motifs is 1. The molecule has 0 saturated heterocycles. The molecule has 1 aliphatic heterocycles. The summed E-state index contributed by atoms with van der Waals surface area (Å²) in [7, 11) is 1.76.